The van der Waals surface area contributed by atoms with Crippen molar-refractivity contribution >= 4 is 17.8 Å². The lowest BCUT2D eigenvalue weighted by Crippen LogP contribution is -2.25. The van der Waals surface area contributed by atoms with Crippen molar-refractivity contribution in [2.45, 2.75) is 67.0 Å². The van der Waals surface area contributed by atoms with Crippen molar-refractivity contribution in [1.29, 1.82) is 5.26 Å². The molecule has 1 aromatic heterocycles. The minimum Gasteiger partial charge on any atom is -0.450 e. The molecule has 5 nitrogen and oxygen atoms in total. The highest BCUT2D eigenvalue weighted by molar-refractivity contribution is 6.03. The first-order valence-corrected chi connectivity index (χ1v) is 10.8. The van der Waals surface area contributed by atoms with Crippen LogP contribution in [-0.4, -0.2) is 22.4 Å². The van der Waals surface area contributed by atoms with Gasteiger partial charge in [0.05, 0.1) is 0 Å². The molecule has 0 saturated carbocycles. The first-order chi connectivity index (χ1) is 14.7. The number of ether oxygens (including phenoxy) is 1. The zero-order valence-corrected chi connectivity index (χ0v) is 19.4. The summed E-state index contributed by atoms with van der Waals surface area (Å²) < 4.78 is 7.51. The van der Waals surface area contributed by atoms with Crippen molar-refractivity contribution in [2.75, 3.05) is 0 Å². The summed E-state index contributed by atoms with van der Waals surface area (Å²) in [6, 6.07) is 11.1. The molecule has 31 heavy (non-hydrogen) atoms. The van der Waals surface area contributed by atoms with Gasteiger partial charge in [-0.1, -0.05) is 45.0 Å². The van der Waals surface area contributed by atoms with E-state index in [4.69, 9.17) is 4.74 Å². The maximum atomic E-state index is 12.6. The SMILES string of the molecule is CCc1ccc(C(=O)[C@@H](C)OC(=O)/C(C#N)=C/c2cc(C)n(CCC(C)C)c2C)cc1. The van der Waals surface area contributed by atoms with Gasteiger partial charge in [0.2, 0.25) is 5.78 Å². The molecular weight excluding hydrogens is 388 g/mol. The quantitative estimate of drug-likeness (QED) is 0.234. The fourth-order valence-corrected chi connectivity index (χ4v) is 3.41. The maximum absolute atomic E-state index is 12.6. The Labute approximate surface area is 185 Å². The molecule has 0 unspecified atom stereocenters. The number of carbonyl (C=O) groups is 2. The molecule has 0 bridgehead atoms. The molecule has 0 spiro atoms. The van der Waals surface area contributed by atoms with Gasteiger partial charge in [0.25, 0.3) is 0 Å². The average molecular weight is 421 g/mol. The van der Waals surface area contributed by atoms with Gasteiger partial charge in [-0.15, -0.1) is 0 Å². The minimum atomic E-state index is -0.977. The Balaban J connectivity index is 2.15. The van der Waals surface area contributed by atoms with Crippen LogP contribution in [0.15, 0.2) is 35.9 Å². The van der Waals surface area contributed by atoms with Crippen LogP contribution < -0.4 is 0 Å². The third-order valence-corrected chi connectivity index (χ3v) is 5.48. The largest absolute Gasteiger partial charge is 0.450 e. The van der Waals surface area contributed by atoms with Crippen LogP contribution in [0.4, 0.5) is 0 Å². The molecule has 5 heteroatoms. The molecular formula is C26H32N2O3. The summed E-state index contributed by atoms with van der Waals surface area (Å²) in [5, 5.41) is 9.52. The number of aromatic nitrogens is 1. The third kappa shape index (κ3) is 6.18. The van der Waals surface area contributed by atoms with E-state index >= 15 is 0 Å². The number of benzene rings is 1. The normalized spacial score (nSPS) is 12.5. The van der Waals surface area contributed by atoms with E-state index in [1.165, 1.54) is 6.92 Å². The Kier molecular flexibility index (Phi) is 8.38. The number of ketones is 1. The van der Waals surface area contributed by atoms with E-state index in [2.05, 4.69) is 18.4 Å². The Bertz CT molecular complexity index is 1000. The van der Waals surface area contributed by atoms with Gasteiger partial charge in [-0.25, -0.2) is 4.79 Å². The topological polar surface area (TPSA) is 72.1 Å². The third-order valence-electron chi connectivity index (χ3n) is 5.48. The van der Waals surface area contributed by atoms with Crippen molar-refractivity contribution in [2.24, 2.45) is 5.92 Å². The summed E-state index contributed by atoms with van der Waals surface area (Å²) in [7, 11) is 0. The minimum absolute atomic E-state index is 0.120. The van der Waals surface area contributed by atoms with E-state index in [9.17, 15) is 14.9 Å². The Morgan fingerprint density at radius 3 is 2.35 bits per heavy atom. The number of rotatable bonds is 9. The molecule has 1 aromatic carbocycles. The summed E-state index contributed by atoms with van der Waals surface area (Å²) >= 11 is 0. The van der Waals surface area contributed by atoms with Crippen molar-refractivity contribution in [1.82, 2.24) is 4.57 Å². The van der Waals surface area contributed by atoms with Gasteiger partial charge in [-0.2, -0.15) is 5.26 Å². The number of carbonyl (C=O) groups excluding carboxylic acids is 2. The van der Waals surface area contributed by atoms with E-state index in [0.717, 1.165) is 41.9 Å². The van der Waals surface area contributed by atoms with E-state index in [0.29, 0.717) is 11.5 Å². The molecule has 2 aromatic rings. The molecule has 0 aliphatic rings. The van der Waals surface area contributed by atoms with Crippen molar-refractivity contribution in [3.63, 3.8) is 0 Å². The second kappa shape index (κ2) is 10.8. The van der Waals surface area contributed by atoms with Gasteiger partial charge in [0, 0.05) is 23.5 Å². The zero-order valence-electron chi connectivity index (χ0n) is 19.4. The van der Waals surface area contributed by atoms with Crippen LogP contribution in [0.25, 0.3) is 6.08 Å². The van der Waals surface area contributed by atoms with Crippen LogP contribution in [0, 0.1) is 31.1 Å². The van der Waals surface area contributed by atoms with E-state index in [1.807, 2.05) is 45.0 Å². The maximum Gasteiger partial charge on any atom is 0.349 e. The Morgan fingerprint density at radius 1 is 1.16 bits per heavy atom. The van der Waals surface area contributed by atoms with Gasteiger partial charge in [0.1, 0.15) is 11.6 Å². The number of hydrogen-bond acceptors (Lipinski definition) is 4. The van der Waals surface area contributed by atoms with Crippen LogP contribution in [0.1, 0.15) is 67.0 Å². The molecule has 0 aliphatic carbocycles. The number of esters is 1. The lowest BCUT2D eigenvalue weighted by molar-refractivity contribution is -0.141. The van der Waals surface area contributed by atoms with Crippen molar-refractivity contribution in [3.8, 4) is 6.07 Å². The Morgan fingerprint density at radius 2 is 1.81 bits per heavy atom. The second-order valence-electron chi connectivity index (χ2n) is 8.29. The van der Waals surface area contributed by atoms with E-state index < -0.39 is 12.1 Å². The van der Waals surface area contributed by atoms with E-state index in [-0.39, 0.29) is 11.4 Å². The first-order valence-electron chi connectivity index (χ1n) is 10.8. The van der Waals surface area contributed by atoms with E-state index in [1.54, 1.807) is 18.2 Å². The predicted molar refractivity (Wildman–Crippen MR) is 123 cm³/mol. The number of Topliss-reactive ketones (excluding diaryl/α,β-unsaturated/α-hetero) is 1. The van der Waals surface area contributed by atoms with Crippen LogP contribution >= 0.6 is 0 Å². The molecule has 0 saturated heterocycles. The first kappa shape index (κ1) is 24.1. The summed E-state index contributed by atoms with van der Waals surface area (Å²) in [6.07, 6.45) is 2.50. The summed E-state index contributed by atoms with van der Waals surface area (Å²) in [6.45, 7) is 12.8. The molecule has 1 heterocycles. The lowest BCUT2D eigenvalue weighted by Gasteiger charge is -2.12. The molecule has 0 amide bonds. The molecule has 2 rings (SSSR count). The number of aryl methyl sites for hydroxylation is 2. The van der Waals surface area contributed by atoms with Crippen LogP contribution in [0.5, 0.6) is 0 Å². The number of hydrogen-bond donors (Lipinski definition) is 0. The highest BCUT2D eigenvalue weighted by Crippen LogP contribution is 2.20. The monoisotopic (exact) mass is 420 g/mol. The smallest absolute Gasteiger partial charge is 0.349 e. The molecule has 1 atom stereocenters. The van der Waals surface area contributed by atoms with Crippen LogP contribution in [-0.2, 0) is 22.5 Å². The zero-order chi connectivity index (χ0) is 23.1. The number of nitrogens with zero attached hydrogens (tertiary/aromatic N) is 2. The fourth-order valence-electron chi connectivity index (χ4n) is 3.41. The highest BCUT2D eigenvalue weighted by Gasteiger charge is 2.22. The summed E-state index contributed by atoms with van der Waals surface area (Å²) in [4.78, 5) is 25.2. The van der Waals surface area contributed by atoms with Crippen molar-refractivity contribution in [3.05, 3.63) is 64.0 Å². The molecule has 0 aliphatic heterocycles. The van der Waals surface area contributed by atoms with Gasteiger partial charge in [-0.05, 0) is 62.8 Å². The fraction of sp³-hybridized carbons (Fsp3) is 0.423. The standard InChI is InChI=1S/C26H32N2O3/c1-7-21-8-10-22(11-9-21)25(29)20(6)31-26(30)24(16-27)15-23-14-18(4)28(19(23)5)13-12-17(2)3/h8-11,14-15,17,20H,7,12-13H2,1-6H3/b24-15+/t20-/m1/s1. The average Bonchev–Trinajstić information content (AvgIpc) is 3.01. The Hall–Kier alpha value is -3.13. The second-order valence-corrected chi connectivity index (χ2v) is 8.29. The number of nitriles is 1. The van der Waals surface area contributed by atoms with Gasteiger partial charge >= 0.3 is 5.97 Å². The van der Waals surface area contributed by atoms with Crippen LogP contribution in [0.3, 0.4) is 0 Å². The summed E-state index contributed by atoms with van der Waals surface area (Å²) in [5.74, 6) is -0.497. The molecule has 0 fully saturated rings. The van der Waals surface area contributed by atoms with Gasteiger partial charge < -0.3 is 9.30 Å². The van der Waals surface area contributed by atoms with Gasteiger partial charge in [0.15, 0.2) is 6.10 Å². The lowest BCUT2D eigenvalue weighted by atomic mass is 10.0. The summed E-state index contributed by atoms with van der Waals surface area (Å²) in [5.41, 5.74) is 4.37. The highest BCUT2D eigenvalue weighted by atomic mass is 16.5. The molecule has 0 radical (unpaired) electrons. The van der Waals surface area contributed by atoms with Gasteiger partial charge in [-0.3, -0.25) is 4.79 Å². The molecule has 164 valence electrons. The predicted octanol–water partition coefficient (Wildman–Crippen LogP) is 5.44. The molecule has 0 N–H and O–H groups in total. The van der Waals surface area contributed by atoms with Crippen molar-refractivity contribution < 1.29 is 14.3 Å². The van der Waals surface area contributed by atoms with Crippen LogP contribution in [0.2, 0.25) is 0 Å².